The van der Waals surface area contributed by atoms with Gasteiger partial charge in [-0.05, 0) is 31.0 Å². The minimum Gasteiger partial charge on any atom is -0.272 e. The number of nitrogens with zero attached hydrogens (tertiary/aromatic N) is 4. The first-order valence-electron chi connectivity index (χ1n) is 8.62. The number of sulfonamides is 1. The van der Waals surface area contributed by atoms with Crippen LogP contribution in [0.3, 0.4) is 0 Å². The Kier molecular flexibility index (Phi) is 5.84. The first kappa shape index (κ1) is 20.4. The van der Waals surface area contributed by atoms with E-state index in [2.05, 4.69) is 10.5 Å². The second-order valence-electron chi connectivity index (χ2n) is 6.23. The van der Waals surface area contributed by atoms with Crippen LogP contribution in [0.25, 0.3) is 0 Å². The first-order valence-corrected chi connectivity index (χ1v) is 10.1. The molecule has 1 aliphatic heterocycles. The van der Waals surface area contributed by atoms with Crippen LogP contribution >= 0.6 is 0 Å². The third kappa shape index (κ3) is 4.38. The number of hydrogen-bond acceptors (Lipinski definition) is 8. The Morgan fingerprint density at radius 2 is 1.66 bits per heavy atom. The molecule has 0 unspecified atom stereocenters. The molecule has 1 aliphatic rings. The monoisotopic (exact) mass is 419 g/mol. The van der Waals surface area contributed by atoms with Gasteiger partial charge in [0.15, 0.2) is 0 Å². The zero-order valence-corrected chi connectivity index (χ0v) is 15.9. The van der Waals surface area contributed by atoms with Crippen molar-refractivity contribution in [3.8, 4) is 0 Å². The van der Waals surface area contributed by atoms with Crippen LogP contribution in [-0.4, -0.2) is 41.9 Å². The second-order valence-corrected chi connectivity index (χ2v) is 8.17. The number of nitro groups is 2. The summed E-state index contributed by atoms with van der Waals surface area (Å²) in [7, 11) is -3.80. The lowest BCUT2D eigenvalue weighted by atomic mass is 10.2. The lowest BCUT2D eigenvalue weighted by Crippen LogP contribution is -2.27. The van der Waals surface area contributed by atoms with E-state index in [4.69, 9.17) is 0 Å². The van der Waals surface area contributed by atoms with Crippen LogP contribution in [0.4, 0.5) is 17.1 Å². The number of nitrogens with one attached hydrogen (secondary N) is 1. The van der Waals surface area contributed by atoms with Gasteiger partial charge in [-0.15, -0.1) is 0 Å². The summed E-state index contributed by atoms with van der Waals surface area (Å²) < 4.78 is 26.5. The molecule has 1 heterocycles. The highest BCUT2D eigenvalue weighted by Crippen LogP contribution is 2.30. The van der Waals surface area contributed by atoms with Crippen molar-refractivity contribution in [1.82, 2.24) is 4.31 Å². The summed E-state index contributed by atoms with van der Waals surface area (Å²) in [5.74, 6) is 0. The molecule has 0 aromatic heterocycles. The maximum Gasteiger partial charge on any atom is 0.295 e. The average molecular weight is 419 g/mol. The zero-order valence-electron chi connectivity index (χ0n) is 15.1. The molecular weight excluding hydrogens is 402 g/mol. The molecule has 0 amide bonds. The number of para-hydroxylation sites is 1. The first-order chi connectivity index (χ1) is 13.8. The maximum atomic E-state index is 12.6. The van der Waals surface area contributed by atoms with Gasteiger partial charge in [-0.25, -0.2) is 8.42 Å². The largest absolute Gasteiger partial charge is 0.295 e. The third-order valence-corrected chi connectivity index (χ3v) is 6.29. The summed E-state index contributed by atoms with van der Waals surface area (Å²) in [5, 5.41) is 26.3. The van der Waals surface area contributed by atoms with Crippen LogP contribution in [0.5, 0.6) is 0 Å². The van der Waals surface area contributed by atoms with E-state index in [1.54, 1.807) is 6.07 Å². The molecule has 0 radical (unpaired) electrons. The van der Waals surface area contributed by atoms with E-state index in [1.807, 2.05) is 0 Å². The smallest absolute Gasteiger partial charge is 0.272 e. The van der Waals surface area contributed by atoms with Crippen molar-refractivity contribution < 1.29 is 18.3 Å². The molecule has 1 fully saturated rings. The molecule has 0 saturated carbocycles. The maximum absolute atomic E-state index is 12.6. The predicted octanol–water partition coefficient (Wildman–Crippen LogP) is 2.73. The molecule has 2 aromatic carbocycles. The van der Waals surface area contributed by atoms with E-state index in [0.717, 1.165) is 25.1 Å². The predicted molar refractivity (Wildman–Crippen MR) is 105 cm³/mol. The molecule has 0 spiro atoms. The number of rotatable bonds is 7. The third-order valence-electron chi connectivity index (χ3n) is 4.39. The van der Waals surface area contributed by atoms with Crippen LogP contribution in [0.1, 0.15) is 18.4 Å². The fourth-order valence-electron chi connectivity index (χ4n) is 2.93. The van der Waals surface area contributed by atoms with E-state index in [0.29, 0.717) is 13.1 Å². The number of hydrazone groups is 1. The summed E-state index contributed by atoms with van der Waals surface area (Å²) >= 11 is 0. The quantitative estimate of drug-likeness (QED) is 0.412. The number of nitro benzene ring substituents is 2. The van der Waals surface area contributed by atoms with Gasteiger partial charge in [-0.1, -0.05) is 12.1 Å². The molecule has 11 nitrogen and oxygen atoms in total. The van der Waals surface area contributed by atoms with Crippen molar-refractivity contribution >= 4 is 33.3 Å². The molecule has 0 bridgehead atoms. The van der Waals surface area contributed by atoms with E-state index < -0.39 is 25.6 Å². The molecule has 3 rings (SSSR count). The van der Waals surface area contributed by atoms with Crippen molar-refractivity contribution in [1.29, 1.82) is 0 Å². The van der Waals surface area contributed by atoms with Gasteiger partial charge in [0.05, 0.1) is 26.5 Å². The van der Waals surface area contributed by atoms with E-state index in [9.17, 15) is 28.6 Å². The molecule has 1 N–H and O–H groups in total. The van der Waals surface area contributed by atoms with Gasteiger partial charge in [0, 0.05) is 25.2 Å². The van der Waals surface area contributed by atoms with Crippen molar-refractivity contribution in [3.05, 3.63) is 68.3 Å². The van der Waals surface area contributed by atoms with Crippen molar-refractivity contribution in [2.75, 3.05) is 18.5 Å². The van der Waals surface area contributed by atoms with E-state index in [1.165, 1.54) is 34.6 Å². The Morgan fingerprint density at radius 3 is 2.31 bits per heavy atom. The Balaban J connectivity index is 1.87. The Morgan fingerprint density at radius 1 is 1.00 bits per heavy atom. The highest BCUT2D eigenvalue weighted by Gasteiger charge is 2.29. The molecule has 0 aliphatic carbocycles. The van der Waals surface area contributed by atoms with Crippen LogP contribution < -0.4 is 5.43 Å². The minimum absolute atomic E-state index is 0.0368. The van der Waals surface area contributed by atoms with Crippen molar-refractivity contribution in [2.45, 2.75) is 17.7 Å². The molecule has 0 atom stereocenters. The fourth-order valence-corrected chi connectivity index (χ4v) is 4.47. The van der Waals surface area contributed by atoms with E-state index >= 15 is 0 Å². The van der Waals surface area contributed by atoms with Crippen LogP contribution in [0.2, 0.25) is 0 Å². The van der Waals surface area contributed by atoms with Gasteiger partial charge >= 0.3 is 0 Å². The Bertz CT molecular complexity index is 1080. The van der Waals surface area contributed by atoms with Crippen LogP contribution in [0.15, 0.2) is 52.5 Å². The van der Waals surface area contributed by atoms with Gasteiger partial charge in [0.25, 0.3) is 11.4 Å². The number of hydrogen-bond donors (Lipinski definition) is 1. The molecule has 12 heteroatoms. The molecule has 1 saturated heterocycles. The van der Waals surface area contributed by atoms with Crippen LogP contribution in [0, 0.1) is 20.2 Å². The van der Waals surface area contributed by atoms with E-state index in [-0.39, 0.29) is 21.8 Å². The van der Waals surface area contributed by atoms with Gasteiger partial charge < -0.3 is 0 Å². The fraction of sp³-hybridized carbons (Fsp3) is 0.235. The summed E-state index contributed by atoms with van der Waals surface area (Å²) in [4.78, 5) is 21.0. The van der Waals surface area contributed by atoms with Gasteiger partial charge in [-0.2, -0.15) is 9.41 Å². The number of anilines is 1. The van der Waals surface area contributed by atoms with Gasteiger partial charge in [0.2, 0.25) is 10.0 Å². The normalized spacial score (nSPS) is 14.9. The highest BCUT2D eigenvalue weighted by molar-refractivity contribution is 7.89. The van der Waals surface area contributed by atoms with Crippen molar-refractivity contribution in [2.24, 2.45) is 5.10 Å². The minimum atomic E-state index is -3.80. The average Bonchev–Trinajstić information content (AvgIpc) is 3.24. The summed E-state index contributed by atoms with van der Waals surface area (Å²) in [6, 6.07) is 9.38. The summed E-state index contributed by atoms with van der Waals surface area (Å²) in [5.41, 5.74) is 1.99. The summed E-state index contributed by atoms with van der Waals surface area (Å²) in [6.45, 7) is 0.770. The standard InChI is InChI=1S/C17H17N5O6S/c23-21(24)16-6-2-1-5-13(16)12-18-19-15-8-7-14(11-17(15)22(25)26)29(27,28)20-9-3-4-10-20/h1-2,5-8,11-12,19H,3-4,9-10H2. The Hall–Kier alpha value is -3.38. The Labute approximate surface area is 166 Å². The topological polar surface area (TPSA) is 148 Å². The van der Waals surface area contributed by atoms with Gasteiger partial charge in [-0.3, -0.25) is 25.7 Å². The van der Waals surface area contributed by atoms with Crippen molar-refractivity contribution in [3.63, 3.8) is 0 Å². The SMILES string of the molecule is O=[N+]([O-])c1ccccc1C=NNc1ccc(S(=O)(=O)N2CCCC2)cc1[N+](=O)[O-]. The summed E-state index contributed by atoms with van der Waals surface area (Å²) in [6.07, 6.45) is 2.67. The lowest BCUT2D eigenvalue weighted by Gasteiger charge is -2.15. The molecule has 152 valence electrons. The lowest BCUT2D eigenvalue weighted by molar-refractivity contribution is -0.385. The molecule has 2 aromatic rings. The number of benzene rings is 2. The van der Waals surface area contributed by atoms with Gasteiger partial charge in [0.1, 0.15) is 5.69 Å². The molecular formula is C17H17N5O6S. The second kappa shape index (κ2) is 8.32. The molecule has 29 heavy (non-hydrogen) atoms. The zero-order chi connectivity index (χ0) is 21.0. The van der Waals surface area contributed by atoms with Crippen LogP contribution in [-0.2, 0) is 10.0 Å². The highest BCUT2D eigenvalue weighted by atomic mass is 32.2.